The molecule has 1 atom stereocenters. The molecule has 0 aliphatic rings. The number of nitrogens with zero attached hydrogens (tertiary/aromatic N) is 3. The number of rotatable bonds is 5. The Balaban J connectivity index is 2.22. The summed E-state index contributed by atoms with van der Waals surface area (Å²) < 4.78 is 0. The standard InChI is InChI=1S/C16H22N4/c1-4-20(11-15-7-5-6-12(2)19-15)16-10-14(13(3)17)8-9-18-16/h5-10,13H,4,11,17H2,1-3H3/t13-/m1/s1. The normalized spacial score (nSPS) is 12.2. The summed E-state index contributed by atoms with van der Waals surface area (Å²) in [5, 5.41) is 0. The summed E-state index contributed by atoms with van der Waals surface area (Å²) >= 11 is 0. The van der Waals surface area contributed by atoms with E-state index in [0.717, 1.165) is 35.9 Å². The van der Waals surface area contributed by atoms with Gasteiger partial charge in [0.05, 0.1) is 12.2 Å². The van der Waals surface area contributed by atoms with Crippen molar-refractivity contribution in [3.05, 3.63) is 53.5 Å². The fourth-order valence-corrected chi connectivity index (χ4v) is 2.13. The van der Waals surface area contributed by atoms with Crippen molar-refractivity contribution in [2.45, 2.75) is 33.4 Å². The van der Waals surface area contributed by atoms with Gasteiger partial charge in [0.1, 0.15) is 5.82 Å². The SMILES string of the molecule is CCN(Cc1cccc(C)n1)c1cc([C@@H](C)N)ccn1. The van der Waals surface area contributed by atoms with Crippen LogP contribution in [0.3, 0.4) is 0 Å². The summed E-state index contributed by atoms with van der Waals surface area (Å²) in [7, 11) is 0. The van der Waals surface area contributed by atoms with E-state index in [1.807, 2.05) is 44.3 Å². The fourth-order valence-electron chi connectivity index (χ4n) is 2.13. The van der Waals surface area contributed by atoms with Gasteiger partial charge >= 0.3 is 0 Å². The molecule has 4 heteroatoms. The molecule has 106 valence electrons. The predicted molar refractivity (Wildman–Crippen MR) is 82.5 cm³/mol. The number of aromatic nitrogens is 2. The molecule has 0 aliphatic heterocycles. The Bertz CT molecular complexity index is 566. The molecule has 0 saturated carbocycles. The van der Waals surface area contributed by atoms with Crippen LogP contribution in [-0.4, -0.2) is 16.5 Å². The number of nitrogens with two attached hydrogens (primary N) is 1. The number of hydrogen-bond donors (Lipinski definition) is 1. The van der Waals surface area contributed by atoms with Crippen LogP contribution in [0, 0.1) is 6.92 Å². The molecule has 0 saturated heterocycles. The van der Waals surface area contributed by atoms with Crippen molar-refractivity contribution >= 4 is 5.82 Å². The molecular formula is C16H22N4. The van der Waals surface area contributed by atoms with Crippen LogP contribution < -0.4 is 10.6 Å². The van der Waals surface area contributed by atoms with Crippen LogP contribution in [-0.2, 0) is 6.54 Å². The molecule has 20 heavy (non-hydrogen) atoms. The first-order valence-corrected chi connectivity index (χ1v) is 6.99. The third kappa shape index (κ3) is 3.54. The summed E-state index contributed by atoms with van der Waals surface area (Å²) in [6.45, 7) is 7.75. The van der Waals surface area contributed by atoms with Gasteiger partial charge in [0, 0.05) is 24.5 Å². The maximum absolute atomic E-state index is 5.94. The van der Waals surface area contributed by atoms with E-state index in [0.29, 0.717) is 0 Å². The molecule has 2 rings (SSSR count). The third-order valence-corrected chi connectivity index (χ3v) is 3.30. The van der Waals surface area contributed by atoms with Gasteiger partial charge in [0.15, 0.2) is 0 Å². The van der Waals surface area contributed by atoms with Crippen LogP contribution in [0.25, 0.3) is 0 Å². The van der Waals surface area contributed by atoms with Gasteiger partial charge in [-0.05, 0) is 50.6 Å². The van der Waals surface area contributed by atoms with Crippen molar-refractivity contribution < 1.29 is 0 Å². The van der Waals surface area contributed by atoms with Crippen LogP contribution in [0.5, 0.6) is 0 Å². The molecule has 2 aromatic rings. The van der Waals surface area contributed by atoms with Crippen molar-refractivity contribution in [3.8, 4) is 0 Å². The Hall–Kier alpha value is -1.94. The lowest BCUT2D eigenvalue weighted by Crippen LogP contribution is -2.24. The van der Waals surface area contributed by atoms with Gasteiger partial charge in [-0.2, -0.15) is 0 Å². The average molecular weight is 270 g/mol. The summed E-state index contributed by atoms with van der Waals surface area (Å²) in [5.41, 5.74) is 9.13. The lowest BCUT2D eigenvalue weighted by Gasteiger charge is -2.22. The third-order valence-electron chi connectivity index (χ3n) is 3.30. The van der Waals surface area contributed by atoms with E-state index < -0.39 is 0 Å². The van der Waals surface area contributed by atoms with E-state index in [9.17, 15) is 0 Å². The largest absolute Gasteiger partial charge is 0.351 e. The van der Waals surface area contributed by atoms with Crippen molar-refractivity contribution in [1.29, 1.82) is 0 Å². The quantitative estimate of drug-likeness (QED) is 0.907. The first kappa shape index (κ1) is 14.5. The van der Waals surface area contributed by atoms with Gasteiger partial charge in [-0.15, -0.1) is 0 Å². The van der Waals surface area contributed by atoms with Crippen LogP contribution in [0.15, 0.2) is 36.5 Å². The second-order valence-corrected chi connectivity index (χ2v) is 5.02. The molecule has 0 amide bonds. The molecule has 0 aliphatic carbocycles. The van der Waals surface area contributed by atoms with Crippen molar-refractivity contribution in [1.82, 2.24) is 9.97 Å². The predicted octanol–water partition coefficient (Wildman–Crippen LogP) is 2.83. The summed E-state index contributed by atoms with van der Waals surface area (Å²) in [4.78, 5) is 11.2. The maximum atomic E-state index is 5.94. The summed E-state index contributed by atoms with van der Waals surface area (Å²) in [6.07, 6.45) is 1.82. The second kappa shape index (κ2) is 6.48. The zero-order valence-corrected chi connectivity index (χ0v) is 12.4. The molecule has 0 aromatic carbocycles. The molecule has 4 nitrogen and oxygen atoms in total. The van der Waals surface area contributed by atoms with Crippen LogP contribution >= 0.6 is 0 Å². The topological polar surface area (TPSA) is 55.0 Å². The number of anilines is 1. The van der Waals surface area contributed by atoms with E-state index in [2.05, 4.69) is 27.9 Å². The minimum atomic E-state index is 0.0209. The van der Waals surface area contributed by atoms with Gasteiger partial charge in [-0.1, -0.05) is 6.07 Å². The van der Waals surface area contributed by atoms with Gasteiger partial charge in [0.2, 0.25) is 0 Å². The van der Waals surface area contributed by atoms with Crippen LogP contribution in [0.4, 0.5) is 5.82 Å². The molecular weight excluding hydrogens is 248 g/mol. The molecule has 0 unspecified atom stereocenters. The monoisotopic (exact) mass is 270 g/mol. The van der Waals surface area contributed by atoms with Gasteiger partial charge in [-0.3, -0.25) is 4.98 Å². The van der Waals surface area contributed by atoms with Crippen LogP contribution in [0.2, 0.25) is 0 Å². The van der Waals surface area contributed by atoms with Gasteiger partial charge < -0.3 is 10.6 Å². The smallest absolute Gasteiger partial charge is 0.129 e. The van der Waals surface area contributed by atoms with E-state index in [1.54, 1.807) is 0 Å². The molecule has 0 bridgehead atoms. The number of aryl methyl sites for hydroxylation is 1. The van der Waals surface area contributed by atoms with E-state index in [4.69, 9.17) is 5.73 Å². The molecule has 0 radical (unpaired) electrons. The second-order valence-electron chi connectivity index (χ2n) is 5.02. The summed E-state index contributed by atoms with van der Waals surface area (Å²) in [6, 6.07) is 10.1. The Labute approximate surface area is 120 Å². The van der Waals surface area contributed by atoms with Crippen LogP contribution in [0.1, 0.15) is 36.8 Å². The Kier molecular flexibility index (Phi) is 4.69. The number of pyridine rings is 2. The molecule has 2 aromatic heterocycles. The van der Waals surface area contributed by atoms with E-state index >= 15 is 0 Å². The van der Waals surface area contributed by atoms with Crippen molar-refractivity contribution in [2.75, 3.05) is 11.4 Å². The first-order chi connectivity index (χ1) is 9.60. The Morgan fingerprint density at radius 3 is 2.75 bits per heavy atom. The summed E-state index contributed by atoms with van der Waals surface area (Å²) in [5.74, 6) is 0.950. The zero-order chi connectivity index (χ0) is 14.5. The molecule has 2 heterocycles. The lowest BCUT2D eigenvalue weighted by atomic mass is 10.1. The van der Waals surface area contributed by atoms with Crippen molar-refractivity contribution in [2.24, 2.45) is 5.73 Å². The Morgan fingerprint density at radius 2 is 2.10 bits per heavy atom. The highest BCUT2D eigenvalue weighted by atomic mass is 15.2. The highest BCUT2D eigenvalue weighted by molar-refractivity contribution is 5.42. The average Bonchev–Trinajstić information content (AvgIpc) is 2.45. The highest BCUT2D eigenvalue weighted by Gasteiger charge is 2.09. The van der Waals surface area contributed by atoms with Gasteiger partial charge in [-0.25, -0.2) is 4.98 Å². The van der Waals surface area contributed by atoms with E-state index in [-0.39, 0.29) is 6.04 Å². The lowest BCUT2D eigenvalue weighted by molar-refractivity contribution is 0.777. The molecule has 0 fully saturated rings. The first-order valence-electron chi connectivity index (χ1n) is 6.99. The zero-order valence-electron chi connectivity index (χ0n) is 12.4. The van der Waals surface area contributed by atoms with Crippen molar-refractivity contribution in [3.63, 3.8) is 0 Å². The number of hydrogen-bond acceptors (Lipinski definition) is 4. The van der Waals surface area contributed by atoms with E-state index in [1.165, 1.54) is 0 Å². The highest BCUT2D eigenvalue weighted by Crippen LogP contribution is 2.18. The fraction of sp³-hybridized carbons (Fsp3) is 0.375. The minimum absolute atomic E-state index is 0.0209. The molecule has 0 spiro atoms. The maximum Gasteiger partial charge on any atom is 0.129 e. The molecule has 2 N–H and O–H groups in total. The van der Waals surface area contributed by atoms with Gasteiger partial charge in [0.25, 0.3) is 0 Å². The Morgan fingerprint density at radius 1 is 1.30 bits per heavy atom. The minimum Gasteiger partial charge on any atom is -0.351 e.